The Morgan fingerprint density at radius 2 is 1.85 bits per heavy atom. The minimum absolute atomic E-state index is 0.317. The predicted molar refractivity (Wildman–Crippen MR) is 59.0 cm³/mol. The highest BCUT2D eigenvalue weighted by molar-refractivity contribution is 14.1. The first-order chi connectivity index (χ1) is 6.11. The fourth-order valence-corrected chi connectivity index (χ4v) is 2.56. The van der Waals surface area contributed by atoms with Gasteiger partial charge in [-0.05, 0) is 22.6 Å². The molecule has 0 bridgehead atoms. The van der Waals surface area contributed by atoms with Crippen molar-refractivity contribution in [2.75, 3.05) is 0 Å². The summed E-state index contributed by atoms with van der Waals surface area (Å²) in [7, 11) is 1.79. The van der Waals surface area contributed by atoms with Gasteiger partial charge in [-0.25, -0.2) is 0 Å². The van der Waals surface area contributed by atoms with Crippen molar-refractivity contribution in [3.05, 3.63) is 14.0 Å². The van der Waals surface area contributed by atoms with Gasteiger partial charge in [0.15, 0.2) is 10.3 Å². The first kappa shape index (κ1) is 9.42. The zero-order valence-electron chi connectivity index (χ0n) is 6.42. The first-order valence-corrected chi connectivity index (χ1v) is 5.14. The van der Waals surface area contributed by atoms with Crippen LogP contribution in [0, 0.1) is 3.70 Å². The van der Waals surface area contributed by atoms with Crippen LogP contribution in [-0.2, 0) is 7.05 Å². The smallest absolute Gasteiger partial charge is 0.177 e. The molecule has 0 atom stereocenters. The average molecular weight is 329 g/mol. The Balaban J connectivity index is 3.03. The van der Waals surface area contributed by atoms with Crippen molar-refractivity contribution < 1.29 is 0 Å². The van der Waals surface area contributed by atoms with Gasteiger partial charge in [0.05, 0.1) is 5.39 Å². The zero-order valence-corrected chi connectivity index (χ0v) is 10.1. The molecule has 0 N–H and O–H groups in total. The molecule has 0 saturated heterocycles. The lowest BCUT2D eigenvalue weighted by atomic mass is 10.4. The number of hydrogen-bond donors (Lipinski definition) is 0. The van der Waals surface area contributed by atoms with E-state index in [4.69, 9.17) is 23.2 Å². The van der Waals surface area contributed by atoms with Crippen LogP contribution in [0.2, 0.25) is 10.3 Å². The lowest BCUT2D eigenvalue weighted by molar-refractivity contribution is 0.785. The van der Waals surface area contributed by atoms with Crippen molar-refractivity contribution in [2.24, 2.45) is 7.05 Å². The molecule has 4 nitrogen and oxygen atoms in total. The SMILES string of the molecule is Cn1nc(I)c2c(Cl)nnc(Cl)c21. The number of aromatic nitrogens is 4. The Morgan fingerprint density at radius 3 is 2.46 bits per heavy atom. The Kier molecular flexibility index (Phi) is 2.33. The first-order valence-electron chi connectivity index (χ1n) is 3.31. The monoisotopic (exact) mass is 328 g/mol. The largest absolute Gasteiger partial charge is 0.264 e. The van der Waals surface area contributed by atoms with Crippen LogP contribution >= 0.6 is 45.8 Å². The summed E-state index contributed by atoms with van der Waals surface area (Å²) in [5, 5.41) is 13.0. The molecule has 0 unspecified atom stereocenters. The van der Waals surface area contributed by atoms with Gasteiger partial charge in [0, 0.05) is 7.05 Å². The van der Waals surface area contributed by atoms with Gasteiger partial charge in [0.25, 0.3) is 0 Å². The highest BCUT2D eigenvalue weighted by Gasteiger charge is 2.14. The molecule has 0 saturated carbocycles. The van der Waals surface area contributed by atoms with E-state index in [-0.39, 0.29) is 0 Å². The second-order valence-corrected chi connectivity index (χ2v) is 4.16. The molecule has 13 heavy (non-hydrogen) atoms. The van der Waals surface area contributed by atoms with Gasteiger partial charge in [0.1, 0.15) is 9.22 Å². The number of rotatable bonds is 0. The van der Waals surface area contributed by atoms with Gasteiger partial charge >= 0.3 is 0 Å². The number of halogens is 3. The fourth-order valence-electron chi connectivity index (χ4n) is 1.10. The molecule has 2 rings (SSSR count). The van der Waals surface area contributed by atoms with Gasteiger partial charge in [-0.2, -0.15) is 5.10 Å². The van der Waals surface area contributed by atoms with Gasteiger partial charge in [-0.15, -0.1) is 10.2 Å². The maximum Gasteiger partial charge on any atom is 0.177 e. The molecule has 0 amide bonds. The van der Waals surface area contributed by atoms with E-state index in [0.717, 1.165) is 9.09 Å². The molecule has 2 aromatic heterocycles. The summed E-state index contributed by atoms with van der Waals surface area (Å²) in [5.41, 5.74) is 0.714. The van der Waals surface area contributed by atoms with Crippen LogP contribution < -0.4 is 0 Å². The number of hydrogen-bond acceptors (Lipinski definition) is 3. The maximum atomic E-state index is 5.86. The molecule has 2 heterocycles. The third-order valence-corrected chi connectivity index (χ3v) is 2.91. The van der Waals surface area contributed by atoms with Gasteiger partial charge in [0.2, 0.25) is 0 Å². The van der Waals surface area contributed by atoms with Gasteiger partial charge < -0.3 is 0 Å². The third-order valence-electron chi connectivity index (χ3n) is 1.63. The lowest BCUT2D eigenvalue weighted by Crippen LogP contribution is -1.92. The summed E-state index contributed by atoms with van der Waals surface area (Å²) in [4.78, 5) is 0. The van der Waals surface area contributed by atoms with Crippen molar-refractivity contribution in [3.63, 3.8) is 0 Å². The fraction of sp³-hybridized carbons (Fsp3) is 0.167. The minimum atomic E-state index is 0.317. The van der Waals surface area contributed by atoms with Crippen LogP contribution in [0.25, 0.3) is 10.9 Å². The summed E-state index contributed by atoms with van der Waals surface area (Å²) in [6, 6.07) is 0. The van der Waals surface area contributed by atoms with Crippen LogP contribution in [-0.4, -0.2) is 20.0 Å². The highest BCUT2D eigenvalue weighted by atomic mass is 127. The molecule has 0 fully saturated rings. The molecular formula is C6H3Cl2IN4. The van der Waals surface area contributed by atoms with E-state index in [9.17, 15) is 0 Å². The van der Waals surface area contributed by atoms with Crippen LogP contribution in [0.5, 0.6) is 0 Å². The second kappa shape index (κ2) is 3.21. The van der Waals surface area contributed by atoms with Crippen LogP contribution in [0.15, 0.2) is 0 Å². The maximum absolute atomic E-state index is 5.86. The molecule has 0 aromatic carbocycles. The number of aryl methyl sites for hydroxylation is 1. The summed E-state index contributed by atoms with van der Waals surface area (Å²) in [6.45, 7) is 0. The third kappa shape index (κ3) is 1.38. The Hall–Kier alpha value is -0.140. The Bertz CT molecular complexity index is 439. The van der Waals surface area contributed by atoms with Crippen molar-refractivity contribution in [1.82, 2.24) is 20.0 Å². The van der Waals surface area contributed by atoms with E-state index in [1.807, 2.05) is 0 Å². The van der Waals surface area contributed by atoms with E-state index in [1.54, 1.807) is 11.7 Å². The van der Waals surface area contributed by atoms with Gasteiger partial charge in [-0.3, -0.25) is 4.68 Å². The van der Waals surface area contributed by atoms with Gasteiger partial charge in [-0.1, -0.05) is 23.2 Å². The molecule has 0 aliphatic carbocycles. The van der Waals surface area contributed by atoms with Crippen LogP contribution in [0.1, 0.15) is 0 Å². The van der Waals surface area contributed by atoms with Crippen molar-refractivity contribution in [1.29, 1.82) is 0 Å². The quantitative estimate of drug-likeness (QED) is 0.697. The summed E-state index contributed by atoms with van der Waals surface area (Å²) < 4.78 is 2.41. The number of nitrogens with zero attached hydrogens (tertiary/aromatic N) is 4. The van der Waals surface area contributed by atoms with E-state index in [0.29, 0.717) is 15.8 Å². The number of fused-ring (bicyclic) bond motifs is 1. The average Bonchev–Trinajstić information content (AvgIpc) is 2.36. The van der Waals surface area contributed by atoms with E-state index in [1.165, 1.54) is 0 Å². The molecule has 68 valence electrons. The normalized spacial score (nSPS) is 11.1. The van der Waals surface area contributed by atoms with E-state index in [2.05, 4.69) is 37.9 Å². The van der Waals surface area contributed by atoms with Crippen LogP contribution in [0.3, 0.4) is 0 Å². The zero-order chi connectivity index (χ0) is 9.59. The highest BCUT2D eigenvalue weighted by Crippen LogP contribution is 2.28. The summed E-state index contributed by atoms with van der Waals surface area (Å²) >= 11 is 13.8. The molecule has 0 spiro atoms. The molecule has 0 radical (unpaired) electrons. The second-order valence-electron chi connectivity index (χ2n) is 2.42. The molecule has 2 aromatic rings. The summed E-state index contributed by atoms with van der Waals surface area (Å²) in [6.07, 6.45) is 0. The van der Waals surface area contributed by atoms with Crippen molar-refractivity contribution in [3.8, 4) is 0 Å². The molecule has 0 aliphatic heterocycles. The topological polar surface area (TPSA) is 43.6 Å². The van der Waals surface area contributed by atoms with E-state index < -0.39 is 0 Å². The lowest BCUT2D eigenvalue weighted by Gasteiger charge is -1.95. The molecule has 7 heteroatoms. The van der Waals surface area contributed by atoms with Crippen molar-refractivity contribution in [2.45, 2.75) is 0 Å². The predicted octanol–water partition coefficient (Wildman–Crippen LogP) is 2.27. The molecular weight excluding hydrogens is 326 g/mol. The van der Waals surface area contributed by atoms with Crippen molar-refractivity contribution >= 4 is 56.7 Å². The Labute approximate surface area is 97.4 Å². The summed E-state index contributed by atoms with van der Waals surface area (Å²) in [5.74, 6) is 0. The standard InChI is InChI=1S/C6H3Cl2IN4/c1-13-3-2(6(9)12-13)4(7)10-11-5(3)8/h1H3. The van der Waals surface area contributed by atoms with Crippen LogP contribution in [0.4, 0.5) is 0 Å². The molecule has 0 aliphatic rings. The van der Waals surface area contributed by atoms with E-state index >= 15 is 0 Å². The Morgan fingerprint density at radius 1 is 1.23 bits per heavy atom. The minimum Gasteiger partial charge on any atom is -0.264 e.